The van der Waals surface area contributed by atoms with Crippen molar-refractivity contribution in [1.29, 1.82) is 0 Å². The molecule has 1 N–H and O–H groups in total. The third-order valence-corrected chi connectivity index (χ3v) is 6.14. The van der Waals surface area contributed by atoms with Crippen molar-refractivity contribution in [2.45, 2.75) is 18.9 Å². The Morgan fingerprint density at radius 2 is 1.82 bits per heavy atom. The highest BCUT2D eigenvalue weighted by atomic mass is 35.5. The molecule has 0 spiro atoms. The van der Waals surface area contributed by atoms with Crippen LogP contribution in [-0.2, 0) is 11.4 Å². The van der Waals surface area contributed by atoms with Crippen molar-refractivity contribution in [3.8, 4) is 17.2 Å². The summed E-state index contributed by atoms with van der Waals surface area (Å²) in [6.45, 7) is 0.277. The van der Waals surface area contributed by atoms with Gasteiger partial charge in [0.15, 0.2) is 11.5 Å². The minimum atomic E-state index is -0.471. The number of H-pyrrole nitrogens is 1. The lowest BCUT2D eigenvalue weighted by atomic mass is 9.86. The van der Waals surface area contributed by atoms with Crippen LogP contribution >= 0.6 is 11.6 Å². The van der Waals surface area contributed by atoms with Gasteiger partial charge in [-0.15, -0.1) is 0 Å². The molecule has 0 fully saturated rings. The van der Waals surface area contributed by atoms with Gasteiger partial charge in [-0.1, -0.05) is 48.0 Å². The summed E-state index contributed by atoms with van der Waals surface area (Å²) >= 11 is 6.22. The number of nitrogens with one attached hydrogen (secondary N) is 1. The summed E-state index contributed by atoms with van der Waals surface area (Å²) in [5.74, 6) is 0.487. The van der Waals surface area contributed by atoms with Crippen molar-refractivity contribution >= 4 is 28.5 Å². The Bertz CT molecular complexity index is 1430. The van der Waals surface area contributed by atoms with Crippen LogP contribution < -0.4 is 19.8 Å². The maximum Gasteiger partial charge on any atom is 0.312 e. The molecular weight excluding hydrogens is 442 g/mol. The zero-order valence-electron chi connectivity index (χ0n) is 17.8. The van der Waals surface area contributed by atoms with Crippen molar-refractivity contribution in [2.75, 3.05) is 7.11 Å². The number of aromatic amines is 1. The Hall–Kier alpha value is -3.77. The van der Waals surface area contributed by atoms with Gasteiger partial charge in [-0.05, 0) is 35.9 Å². The van der Waals surface area contributed by atoms with E-state index in [1.165, 1.54) is 0 Å². The number of carbonyl (C=O) groups is 1. The smallest absolute Gasteiger partial charge is 0.312 e. The molecule has 1 aliphatic rings. The van der Waals surface area contributed by atoms with Gasteiger partial charge in [-0.2, -0.15) is 0 Å². The van der Waals surface area contributed by atoms with E-state index in [2.05, 4.69) is 4.98 Å². The van der Waals surface area contributed by atoms with Gasteiger partial charge in [0.2, 0.25) is 0 Å². The average molecular weight is 462 g/mol. The molecule has 5 rings (SSSR count). The Balaban J connectivity index is 1.53. The highest BCUT2D eigenvalue weighted by Gasteiger charge is 2.33. The molecule has 7 heteroatoms. The van der Waals surface area contributed by atoms with E-state index < -0.39 is 5.92 Å². The van der Waals surface area contributed by atoms with Gasteiger partial charge in [0.25, 0.3) is 5.56 Å². The van der Waals surface area contributed by atoms with Crippen LogP contribution in [0.25, 0.3) is 10.9 Å². The first-order valence-electron chi connectivity index (χ1n) is 10.4. The molecule has 0 bridgehead atoms. The number of methoxy groups -OCH3 is 1. The van der Waals surface area contributed by atoms with E-state index in [1.54, 1.807) is 31.4 Å². The molecule has 1 aromatic heterocycles. The van der Waals surface area contributed by atoms with E-state index in [9.17, 15) is 9.59 Å². The predicted octanol–water partition coefficient (Wildman–Crippen LogP) is 5.21. The number of benzene rings is 3. The molecule has 33 heavy (non-hydrogen) atoms. The van der Waals surface area contributed by atoms with Gasteiger partial charge in [0, 0.05) is 21.9 Å². The van der Waals surface area contributed by atoms with Crippen LogP contribution in [0, 0.1) is 0 Å². The van der Waals surface area contributed by atoms with E-state index in [-0.39, 0.29) is 24.6 Å². The van der Waals surface area contributed by atoms with E-state index in [0.29, 0.717) is 38.7 Å². The van der Waals surface area contributed by atoms with Gasteiger partial charge < -0.3 is 19.2 Å². The Kier molecular flexibility index (Phi) is 5.52. The van der Waals surface area contributed by atoms with Crippen LogP contribution in [0.5, 0.6) is 17.2 Å². The van der Waals surface area contributed by atoms with Crippen LogP contribution in [0.15, 0.2) is 71.5 Å². The zero-order chi connectivity index (χ0) is 22.9. The van der Waals surface area contributed by atoms with Gasteiger partial charge in [-0.3, -0.25) is 9.59 Å². The van der Waals surface area contributed by atoms with Gasteiger partial charge in [0.05, 0.1) is 24.6 Å². The highest BCUT2D eigenvalue weighted by Crippen LogP contribution is 2.42. The lowest BCUT2D eigenvalue weighted by Crippen LogP contribution is -2.28. The Labute approximate surface area is 194 Å². The van der Waals surface area contributed by atoms with E-state index in [4.69, 9.17) is 25.8 Å². The number of ether oxygens (including phenoxy) is 3. The second-order valence-electron chi connectivity index (χ2n) is 7.76. The summed E-state index contributed by atoms with van der Waals surface area (Å²) in [6.07, 6.45) is 0.0530. The molecule has 0 saturated carbocycles. The quantitative estimate of drug-likeness (QED) is 0.413. The summed E-state index contributed by atoms with van der Waals surface area (Å²) in [5.41, 5.74) is 2.39. The molecule has 4 aromatic rings. The molecule has 0 unspecified atom stereocenters. The van der Waals surface area contributed by atoms with Gasteiger partial charge in [0.1, 0.15) is 12.4 Å². The number of fused-ring (bicyclic) bond motifs is 3. The molecule has 2 heterocycles. The fourth-order valence-corrected chi connectivity index (χ4v) is 4.34. The zero-order valence-corrected chi connectivity index (χ0v) is 18.5. The molecule has 3 aromatic carbocycles. The number of carbonyl (C=O) groups excluding carboxylic acids is 1. The SMILES string of the molecule is COc1cc([C@@H]2CC(=O)Oc3c2c(=O)[nH]c2ccccc32)ccc1OCc1ccccc1Cl. The third-order valence-electron chi connectivity index (χ3n) is 5.78. The maximum absolute atomic E-state index is 13.0. The van der Waals surface area contributed by atoms with Crippen LogP contribution in [0.2, 0.25) is 5.02 Å². The number of hydrogen-bond acceptors (Lipinski definition) is 5. The predicted molar refractivity (Wildman–Crippen MR) is 125 cm³/mol. The summed E-state index contributed by atoms with van der Waals surface area (Å²) in [4.78, 5) is 28.3. The summed E-state index contributed by atoms with van der Waals surface area (Å²) in [6, 6.07) is 20.1. The fraction of sp³-hybridized carbons (Fsp3) is 0.154. The Morgan fingerprint density at radius 1 is 1.03 bits per heavy atom. The molecule has 1 atom stereocenters. The first-order chi connectivity index (χ1) is 16.0. The topological polar surface area (TPSA) is 77.6 Å². The number of hydrogen-bond donors (Lipinski definition) is 1. The monoisotopic (exact) mass is 461 g/mol. The number of aromatic nitrogens is 1. The minimum Gasteiger partial charge on any atom is -0.493 e. The summed E-state index contributed by atoms with van der Waals surface area (Å²) in [7, 11) is 1.55. The number of para-hydroxylation sites is 1. The number of rotatable bonds is 5. The van der Waals surface area contributed by atoms with Crippen LogP contribution in [0.4, 0.5) is 0 Å². The van der Waals surface area contributed by atoms with E-state index in [0.717, 1.165) is 11.1 Å². The summed E-state index contributed by atoms with van der Waals surface area (Å²) in [5, 5.41) is 1.31. The van der Waals surface area contributed by atoms with Gasteiger partial charge in [-0.25, -0.2) is 0 Å². The molecule has 0 amide bonds. The molecule has 1 aliphatic heterocycles. The molecule has 166 valence electrons. The standard InChI is InChI=1S/C26H20ClNO5/c1-31-22-12-15(10-11-21(22)32-14-16-6-2-4-8-19(16)27)18-13-23(29)33-25-17-7-3-5-9-20(17)28-26(30)24(18)25/h2-12,18H,13-14H2,1H3,(H,28,30)/t18-/m0/s1. The molecular formula is C26H20ClNO5. The molecule has 6 nitrogen and oxygen atoms in total. The second-order valence-corrected chi connectivity index (χ2v) is 8.17. The summed E-state index contributed by atoms with van der Waals surface area (Å²) < 4.78 is 17.0. The van der Waals surface area contributed by atoms with Crippen LogP contribution in [-0.4, -0.2) is 18.1 Å². The van der Waals surface area contributed by atoms with Crippen LogP contribution in [0.1, 0.15) is 29.0 Å². The minimum absolute atomic E-state index is 0.0530. The van der Waals surface area contributed by atoms with Crippen molar-refractivity contribution in [3.05, 3.63) is 98.8 Å². The fourth-order valence-electron chi connectivity index (χ4n) is 4.15. The van der Waals surface area contributed by atoms with Crippen molar-refractivity contribution < 1.29 is 19.0 Å². The average Bonchev–Trinajstić information content (AvgIpc) is 2.83. The lowest BCUT2D eigenvalue weighted by Gasteiger charge is -2.25. The van der Waals surface area contributed by atoms with E-state index in [1.807, 2.05) is 42.5 Å². The van der Waals surface area contributed by atoms with Crippen molar-refractivity contribution in [2.24, 2.45) is 0 Å². The van der Waals surface area contributed by atoms with Crippen molar-refractivity contribution in [3.63, 3.8) is 0 Å². The largest absolute Gasteiger partial charge is 0.493 e. The maximum atomic E-state index is 13.0. The Morgan fingerprint density at radius 3 is 2.64 bits per heavy atom. The van der Waals surface area contributed by atoms with Crippen LogP contribution in [0.3, 0.4) is 0 Å². The lowest BCUT2D eigenvalue weighted by molar-refractivity contribution is -0.135. The number of pyridine rings is 1. The highest BCUT2D eigenvalue weighted by molar-refractivity contribution is 6.31. The molecule has 0 radical (unpaired) electrons. The second kappa shape index (κ2) is 8.64. The molecule has 0 saturated heterocycles. The van der Waals surface area contributed by atoms with Gasteiger partial charge >= 0.3 is 5.97 Å². The molecule has 0 aliphatic carbocycles. The van der Waals surface area contributed by atoms with E-state index >= 15 is 0 Å². The first-order valence-corrected chi connectivity index (χ1v) is 10.8. The third kappa shape index (κ3) is 3.94. The normalized spacial score (nSPS) is 15.1. The number of halogens is 1. The first kappa shape index (κ1) is 21.1. The number of esters is 1. The van der Waals surface area contributed by atoms with Crippen molar-refractivity contribution in [1.82, 2.24) is 4.98 Å².